The standard InChI is InChI=1S/C18H18N6O2S/c1-9-4-5-12-14(8-9)27-18(21-12)22-16(25)15(23-24-17(19)26)13-7-10(2)6-11(3)20-13/h4-8H,1-3H3,(H3,19,24,26)(H,21,22,25). The molecule has 0 bridgehead atoms. The molecule has 27 heavy (non-hydrogen) atoms. The van der Waals surface area contributed by atoms with Gasteiger partial charge in [0, 0.05) is 5.69 Å². The molecule has 0 spiro atoms. The van der Waals surface area contributed by atoms with Crippen LogP contribution >= 0.6 is 11.3 Å². The van der Waals surface area contributed by atoms with Gasteiger partial charge in [0.1, 0.15) is 0 Å². The first kappa shape index (κ1) is 18.5. The van der Waals surface area contributed by atoms with Crippen LogP contribution in [-0.4, -0.2) is 27.6 Å². The van der Waals surface area contributed by atoms with E-state index < -0.39 is 11.9 Å². The minimum atomic E-state index is -0.875. The number of pyridine rings is 1. The van der Waals surface area contributed by atoms with Gasteiger partial charge in [0.25, 0.3) is 5.91 Å². The first-order valence-electron chi connectivity index (χ1n) is 8.09. The van der Waals surface area contributed by atoms with E-state index in [1.807, 2.05) is 45.0 Å². The summed E-state index contributed by atoms with van der Waals surface area (Å²) in [4.78, 5) is 32.6. The number of primary amides is 1. The summed E-state index contributed by atoms with van der Waals surface area (Å²) in [6.45, 7) is 5.68. The Hall–Kier alpha value is -3.33. The Balaban J connectivity index is 1.94. The molecular weight excluding hydrogens is 364 g/mol. The summed E-state index contributed by atoms with van der Waals surface area (Å²) in [5, 5.41) is 6.98. The molecule has 2 aromatic heterocycles. The van der Waals surface area contributed by atoms with E-state index in [0.717, 1.165) is 27.0 Å². The minimum absolute atomic E-state index is 0.0592. The zero-order valence-electron chi connectivity index (χ0n) is 15.0. The second-order valence-electron chi connectivity index (χ2n) is 6.05. The van der Waals surface area contributed by atoms with E-state index in [-0.39, 0.29) is 5.71 Å². The second-order valence-corrected chi connectivity index (χ2v) is 7.08. The van der Waals surface area contributed by atoms with Crippen LogP contribution in [0.25, 0.3) is 10.2 Å². The number of fused-ring (bicyclic) bond motifs is 1. The van der Waals surface area contributed by atoms with Gasteiger partial charge in [0.05, 0.1) is 15.9 Å². The van der Waals surface area contributed by atoms with Gasteiger partial charge in [-0.1, -0.05) is 17.4 Å². The monoisotopic (exact) mass is 382 g/mol. The normalized spacial score (nSPS) is 11.4. The first-order valence-corrected chi connectivity index (χ1v) is 8.91. The maximum Gasteiger partial charge on any atom is 0.332 e. The number of carbonyl (C=O) groups is 2. The third-order valence-corrected chi connectivity index (χ3v) is 4.53. The van der Waals surface area contributed by atoms with E-state index in [9.17, 15) is 9.59 Å². The van der Waals surface area contributed by atoms with Crippen molar-refractivity contribution < 1.29 is 9.59 Å². The topological polar surface area (TPSA) is 122 Å². The summed E-state index contributed by atoms with van der Waals surface area (Å²) in [7, 11) is 0. The molecule has 2 heterocycles. The maximum absolute atomic E-state index is 12.8. The number of nitrogens with zero attached hydrogens (tertiary/aromatic N) is 3. The highest BCUT2D eigenvalue weighted by Gasteiger charge is 2.19. The number of aryl methyl sites for hydroxylation is 3. The number of benzene rings is 1. The summed E-state index contributed by atoms with van der Waals surface area (Å²) in [5.74, 6) is -0.544. The van der Waals surface area contributed by atoms with Gasteiger partial charge in [-0.25, -0.2) is 15.2 Å². The Labute approximate surface area is 159 Å². The highest BCUT2D eigenvalue weighted by Crippen LogP contribution is 2.26. The van der Waals surface area contributed by atoms with Gasteiger partial charge in [-0.05, 0) is 56.2 Å². The molecular formula is C18H18N6O2S. The van der Waals surface area contributed by atoms with E-state index in [0.29, 0.717) is 10.8 Å². The van der Waals surface area contributed by atoms with Crippen LogP contribution in [0.5, 0.6) is 0 Å². The molecule has 0 radical (unpaired) electrons. The lowest BCUT2D eigenvalue weighted by Crippen LogP contribution is -2.31. The lowest BCUT2D eigenvalue weighted by Gasteiger charge is -2.07. The fraction of sp³-hybridized carbons (Fsp3) is 0.167. The molecule has 4 N–H and O–H groups in total. The molecule has 138 valence electrons. The van der Waals surface area contributed by atoms with Crippen molar-refractivity contribution in [1.82, 2.24) is 15.4 Å². The number of nitrogens with two attached hydrogens (primary N) is 1. The molecule has 0 unspecified atom stereocenters. The van der Waals surface area contributed by atoms with Crippen molar-refractivity contribution in [3.05, 3.63) is 52.8 Å². The molecule has 8 nitrogen and oxygen atoms in total. The second kappa shape index (κ2) is 7.50. The predicted octanol–water partition coefficient (Wildman–Crippen LogP) is 2.63. The lowest BCUT2D eigenvalue weighted by atomic mass is 10.1. The number of aromatic nitrogens is 2. The van der Waals surface area contributed by atoms with Crippen LogP contribution in [0.4, 0.5) is 9.93 Å². The van der Waals surface area contributed by atoms with Crippen LogP contribution in [0.3, 0.4) is 0 Å². The van der Waals surface area contributed by atoms with E-state index in [4.69, 9.17) is 5.73 Å². The Kier molecular flexibility index (Phi) is 5.13. The SMILES string of the molecule is Cc1cc(C)nc(C(=NNC(N)=O)C(=O)Nc2nc3ccc(C)cc3s2)c1. The first-order chi connectivity index (χ1) is 12.8. The highest BCUT2D eigenvalue weighted by molar-refractivity contribution is 7.22. The third kappa shape index (κ3) is 4.45. The summed E-state index contributed by atoms with van der Waals surface area (Å²) in [5.41, 5.74) is 11.0. The number of hydrogen-bond donors (Lipinski definition) is 3. The molecule has 0 aliphatic carbocycles. The average Bonchev–Trinajstić information content (AvgIpc) is 2.95. The number of urea groups is 1. The molecule has 0 saturated carbocycles. The molecule has 3 rings (SSSR count). The molecule has 0 fully saturated rings. The van der Waals surface area contributed by atoms with Crippen LogP contribution in [-0.2, 0) is 4.79 Å². The van der Waals surface area contributed by atoms with Gasteiger partial charge < -0.3 is 5.73 Å². The van der Waals surface area contributed by atoms with E-state index in [1.165, 1.54) is 11.3 Å². The van der Waals surface area contributed by atoms with Crippen molar-refractivity contribution in [1.29, 1.82) is 0 Å². The van der Waals surface area contributed by atoms with Gasteiger partial charge in [-0.15, -0.1) is 0 Å². The van der Waals surface area contributed by atoms with Crippen molar-refractivity contribution in [2.24, 2.45) is 10.8 Å². The van der Waals surface area contributed by atoms with Crippen molar-refractivity contribution in [3.63, 3.8) is 0 Å². The molecule has 0 aliphatic rings. The number of hydrogen-bond acceptors (Lipinski definition) is 6. The Bertz CT molecular complexity index is 1050. The average molecular weight is 382 g/mol. The molecule has 0 aliphatic heterocycles. The third-order valence-electron chi connectivity index (χ3n) is 3.60. The van der Waals surface area contributed by atoms with Gasteiger partial charge in [0.15, 0.2) is 10.8 Å². The largest absolute Gasteiger partial charge is 0.350 e. The molecule has 9 heteroatoms. The number of amides is 3. The lowest BCUT2D eigenvalue weighted by molar-refractivity contribution is -0.110. The molecule has 1 aromatic carbocycles. The molecule has 0 saturated heterocycles. The van der Waals surface area contributed by atoms with E-state index >= 15 is 0 Å². The zero-order chi connectivity index (χ0) is 19.6. The Morgan fingerprint density at radius 2 is 1.85 bits per heavy atom. The number of rotatable bonds is 4. The van der Waals surface area contributed by atoms with Crippen molar-refractivity contribution in [2.75, 3.05) is 5.32 Å². The number of nitrogens with one attached hydrogen (secondary N) is 2. The fourth-order valence-electron chi connectivity index (χ4n) is 2.54. The van der Waals surface area contributed by atoms with Gasteiger partial charge in [0.2, 0.25) is 0 Å². The molecule has 3 amide bonds. The number of hydrazone groups is 1. The quantitative estimate of drug-likeness (QED) is 0.474. The van der Waals surface area contributed by atoms with Crippen molar-refractivity contribution >= 4 is 44.3 Å². The smallest absolute Gasteiger partial charge is 0.332 e. The number of thiazole rings is 1. The summed E-state index contributed by atoms with van der Waals surface area (Å²) in [6, 6.07) is 8.55. The Morgan fingerprint density at radius 1 is 1.07 bits per heavy atom. The fourth-order valence-corrected chi connectivity index (χ4v) is 3.50. The number of carbonyl (C=O) groups excluding carboxylic acids is 2. The van der Waals surface area contributed by atoms with Gasteiger partial charge >= 0.3 is 6.03 Å². The van der Waals surface area contributed by atoms with Gasteiger partial charge in [-0.3, -0.25) is 15.1 Å². The predicted molar refractivity (Wildman–Crippen MR) is 106 cm³/mol. The molecule has 3 aromatic rings. The maximum atomic E-state index is 12.8. The van der Waals surface area contributed by atoms with Crippen LogP contribution in [0.1, 0.15) is 22.5 Å². The minimum Gasteiger partial charge on any atom is -0.350 e. The van der Waals surface area contributed by atoms with Crippen molar-refractivity contribution in [3.8, 4) is 0 Å². The summed E-state index contributed by atoms with van der Waals surface area (Å²) < 4.78 is 0.962. The summed E-state index contributed by atoms with van der Waals surface area (Å²) >= 11 is 1.35. The summed E-state index contributed by atoms with van der Waals surface area (Å²) in [6.07, 6.45) is 0. The van der Waals surface area contributed by atoms with E-state index in [2.05, 4.69) is 25.8 Å². The zero-order valence-corrected chi connectivity index (χ0v) is 15.8. The van der Waals surface area contributed by atoms with E-state index in [1.54, 1.807) is 6.07 Å². The number of anilines is 1. The van der Waals surface area contributed by atoms with Crippen LogP contribution < -0.4 is 16.5 Å². The van der Waals surface area contributed by atoms with Crippen LogP contribution in [0.15, 0.2) is 35.4 Å². The van der Waals surface area contributed by atoms with Crippen molar-refractivity contribution in [2.45, 2.75) is 20.8 Å². The Morgan fingerprint density at radius 3 is 2.56 bits per heavy atom. The van der Waals surface area contributed by atoms with Crippen LogP contribution in [0, 0.1) is 20.8 Å². The highest BCUT2D eigenvalue weighted by atomic mass is 32.1. The van der Waals surface area contributed by atoms with Gasteiger partial charge in [-0.2, -0.15) is 5.10 Å². The molecule has 0 atom stereocenters. The van der Waals surface area contributed by atoms with Crippen LogP contribution in [0.2, 0.25) is 0 Å².